The Balaban J connectivity index is 2.52. The average Bonchev–Trinajstić information content (AvgIpc) is 2.37. The summed E-state index contributed by atoms with van der Waals surface area (Å²) in [7, 11) is 0. The number of hydrogen-bond donors (Lipinski definition) is 2. The van der Waals surface area contributed by atoms with Crippen LogP contribution in [0.2, 0.25) is 0 Å². The molecule has 5 heteroatoms. The van der Waals surface area contributed by atoms with E-state index < -0.39 is 5.82 Å². The van der Waals surface area contributed by atoms with Gasteiger partial charge in [0.15, 0.2) is 0 Å². The second-order valence-corrected chi connectivity index (χ2v) is 3.89. The van der Waals surface area contributed by atoms with Crippen molar-refractivity contribution < 1.29 is 9.18 Å². The molecule has 1 rings (SSSR count). The average molecular weight is 249 g/mol. The lowest BCUT2D eigenvalue weighted by atomic mass is 10.2. The summed E-state index contributed by atoms with van der Waals surface area (Å²) in [5.74, 6) is -0.500. The van der Waals surface area contributed by atoms with Gasteiger partial charge in [-0.25, -0.2) is 9.18 Å². The van der Waals surface area contributed by atoms with Crippen LogP contribution in [-0.2, 0) is 0 Å². The first-order valence-corrected chi connectivity index (χ1v) is 5.92. The van der Waals surface area contributed by atoms with Crippen LogP contribution >= 0.6 is 0 Å². The second-order valence-electron chi connectivity index (χ2n) is 3.89. The molecule has 18 heavy (non-hydrogen) atoms. The number of nitrogens with one attached hydrogen (secondary N) is 2. The molecule has 0 spiro atoms. The van der Waals surface area contributed by atoms with Crippen molar-refractivity contribution in [1.82, 2.24) is 5.32 Å². The van der Waals surface area contributed by atoms with Gasteiger partial charge < -0.3 is 10.6 Å². The summed E-state index contributed by atoms with van der Waals surface area (Å²) in [4.78, 5) is 11.5. The highest BCUT2D eigenvalue weighted by atomic mass is 19.1. The Morgan fingerprint density at radius 2 is 2.22 bits per heavy atom. The van der Waals surface area contributed by atoms with Crippen molar-refractivity contribution >= 4 is 11.7 Å². The number of hydrogen-bond acceptors (Lipinski definition) is 2. The summed E-state index contributed by atoms with van der Waals surface area (Å²) in [6.07, 6.45) is 3.05. The summed E-state index contributed by atoms with van der Waals surface area (Å²) in [6, 6.07) is 5.12. The van der Waals surface area contributed by atoms with E-state index in [2.05, 4.69) is 17.6 Å². The Morgan fingerprint density at radius 1 is 1.44 bits per heavy atom. The van der Waals surface area contributed by atoms with E-state index in [9.17, 15) is 9.18 Å². The smallest absolute Gasteiger partial charge is 0.319 e. The van der Waals surface area contributed by atoms with Crippen LogP contribution in [0.3, 0.4) is 0 Å². The number of carbonyl (C=O) groups is 1. The minimum atomic E-state index is -0.500. The first-order valence-electron chi connectivity index (χ1n) is 5.92. The molecule has 2 N–H and O–H groups in total. The van der Waals surface area contributed by atoms with Crippen LogP contribution in [0.5, 0.6) is 0 Å². The number of urea groups is 1. The monoisotopic (exact) mass is 249 g/mol. The Bertz CT molecular complexity index is 454. The van der Waals surface area contributed by atoms with Gasteiger partial charge in [0.2, 0.25) is 0 Å². The lowest BCUT2D eigenvalue weighted by Crippen LogP contribution is -2.29. The number of benzene rings is 1. The van der Waals surface area contributed by atoms with Gasteiger partial charge in [0, 0.05) is 6.54 Å². The Kier molecular flexibility index (Phi) is 5.65. The molecule has 1 aromatic carbocycles. The quantitative estimate of drug-likeness (QED) is 0.788. The molecule has 0 unspecified atom stereocenters. The third-order valence-electron chi connectivity index (χ3n) is 2.42. The molecule has 0 aliphatic rings. The Hall–Kier alpha value is -2.09. The van der Waals surface area contributed by atoms with Gasteiger partial charge in [-0.1, -0.05) is 19.8 Å². The Labute approximate surface area is 106 Å². The molecular weight excluding hydrogens is 233 g/mol. The Morgan fingerprint density at radius 3 is 2.89 bits per heavy atom. The highest BCUT2D eigenvalue weighted by molar-refractivity contribution is 5.90. The zero-order valence-corrected chi connectivity index (χ0v) is 10.3. The van der Waals surface area contributed by atoms with Gasteiger partial charge in [0.05, 0.1) is 11.3 Å². The van der Waals surface area contributed by atoms with Crippen LogP contribution in [0.25, 0.3) is 0 Å². The third-order valence-corrected chi connectivity index (χ3v) is 2.42. The van der Waals surface area contributed by atoms with Crippen LogP contribution in [0.15, 0.2) is 18.2 Å². The molecule has 0 radical (unpaired) electrons. The molecule has 0 bridgehead atoms. The first-order chi connectivity index (χ1) is 8.67. The normalized spacial score (nSPS) is 9.61. The third kappa shape index (κ3) is 4.42. The summed E-state index contributed by atoms with van der Waals surface area (Å²) in [5.41, 5.74) is 0.422. The molecule has 1 aromatic rings. The fraction of sp³-hybridized carbons (Fsp3) is 0.385. The first kappa shape index (κ1) is 14.0. The minimum absolute atomic E-state index is 0.110. The number of amides is 2. The molecule has 4 nitrogen and oxygen atoms in total. The summed E-state index contributed by atoms with van der Waals surface area (Å²) in [6.45, 7) is 2.67. The number of nitriles is 1. The predicted molar refractivity (Wildman–Crippen MR) is 67.7 cm³/mol. The summed E-state index contributed by atoms with van der Waals surface area (Å²) in [5, 5.41) is 14.0. The number of nitrogens with zero attached hydrogens (tertiary/aromatic N) is 1. The van der Waals surface area contributed by atoms with Crippen LogP contribution in [0, 0.1) is 17.1 Å². The largest absolute Gasteiger partial charge is 0.338 e. The van der Waals surface area contributed by atoms with Gasteiger partial charge >= 0.3 is 6.03 Å². The maximum Gasteiger partial charge on any atom is 0.319 e. The summed E-state index contributed by atoms with van der Waals surface area (Å²) >= 11 is 0. The standard InChI is InChI=1S/C13H16FN3O/c1-2-3-4-7-16-13(18)17-12-6-5-11(14)8-10(12)9-15/h5-6,8H,2-4,7H2,1H3,(H2,16,17,18). The molecular formula is C13H16FN3O. The van der Waals surface area contributed by atoms with Crippen LogP contribution < -0.4 is 10.6 Å². The van der Waals surface area contributed by atoms with E-state index in [1.165, 1.54) is 12.1 Å². The molecule has 0 heterocycles. The van der Waals surface area contributed by atoms with Gasteiger partial charge in [0.25, 0.3) is 0 Å². The van der Waals surface area contributed by atoms with Gasteiger partial charge in [-0.2, -0.15) is 5.26 Å². The van der Waals surface area contributed by atoms with E-state index >= 15 is 0 Å². The zero-order chi connectivity index (χ0) is 13.4. The van der Waals surface area contributed by atoms with Crippen molar-refractivity contribution in [3.8, 4) is 6.07 Å². The van der Waals surface area contributed by atoms with Gasteiger partial charge in [0.1, 0.15) is 11.9 Å². The lowest BCUT2D eigenvalue weighted by Gasteiger charge is -2.08. The van der Waals surface area contributed by atoms with Crippen molar-refractivity contribution in [3.05, 3.63) is 29.6 Å². The fourth-order valence-electron chi connectivity index (χ4n) is 1.46. The molecule has 0 saturated carbocycles. The molecule has 0 aliphatic carbocycles. The highest BCUT2D eigenvalue weighted by Gasteiger charge is 2.06. The van der Waals surface area contributed by atoms with Crippen LogP contribution in [0.1, 0.15) is 31.7 Å². The molecule has 0 aliphatic heterocycles. The number of anilines is 1. The fourth-order valence-corrected chi connectivity index (χ4v) is 1.46. The minimum Gasteiger partial charge on any atom is -0.338 e. The SMILES string of the molecule is CCCCCNC(=O)Nc1ccc(F)cc1C#N. The van der Waals surface area contributed by atoms with E-state index in [1.807, 2.05) is 6.07 Å². The maximum absolute atomic E-state index is 12.9. The summed E-state index contributed by atoms with van der Waals surface area (Å²) < 4.78 is 12.9. The topological polar surface area (TPSA) is 64.9 Å². The molecule has 0 fully saturated rings. The van der Waals surface area contributed by atoms with Crippen molar-refractivity contribution in [3.63, 3.8) is 0 Å². The number of halogens is 1. The maximum atomic E-state index is 12.9. The van der Waals surface area contributed by atoms with E-state index in [0.29, 0.717) is 12.2 Å². The molecule has 2 amide bonds. The number of rotatable bonds is 5. The lowest BCUT2D eigenvalue weighted by molar-refractivity contribution is 0.252. The van der Waals surface area contributed by atoms with Gasteiger partial charge in [-0.05, 0) is 24.6 Å². The zero-order valence-electron chi connectivity index (χ0n) is 10.3. The van der Waals surface area contributed by atoms with E-state index in [0.717, 1.165) is 25.3 Å². The van der Waals surface area contributed by atoms with Crippen molar-refractivity contribution in [2.24, 2.45) is 0 Å². The van der Waals surface area contributed by atoms with Crippen LogP contribution in [-0.4, -0.2) is 12.6 Å². The number of carbonyl (C=O) groups excluding carboxylic acids is 1. The second kappa shape index (κ2) is 7.28. The van der Waals surface area contributed by atoms with Crippen LogP contribution in [0.4, 0.5) is 14.9 Å². The van der Waals surface area contributed by atoms with E-state index in [4.69, 9.17) is 5.26 Å². The molecule has 96 valence electrons. The van der Waals surface area contributed by atoms with Crippen molar-refractivity contribution in [2.75, 3.05) is 11.9 Å². The van der Waals surface area contributed by atoms with Gasteiger partial charge in [-0.3, -0.25) is 0 Å². The number of unbranched alkanes of at least 4 members (excludes halogenated alkanes) is 2. The highest BCUT2D eigenvalue weighted by Crippen LogP contribution is 2.15. The molecule has 0 saturated heterocycles. The molecule has 0 aromatic heterocycles. The molecule has 0 atom stereocenters. The van der Waals surface area contributed by atoms with E-state index in [1.54, 1.807) is 0 Å². The predicted octanol–water partition coefficient (Wildman–Crippen LogP) is 3.01. The van der Waals surface area contributed by atoms with E-state index in [-0.39, 0.29) is 11.6 Å². The van der Waals surface area contributed by atoms with Gasteiger partial charge in [-0.15, -0.1) is 0 Å². The van der Waals surface area contributed by atoms with Crippen molar-refractivity contribution in [1.29, 1.82) is 5.26 Å². The van der Waals surface area contributed by atoms with Crippen molar-refractivity contribution in [2.45, 2.75) is 26.2 Å².